The molecule has 6 heteroatoms. The average molecular weight is 306 g/mol. The van der Waals surface area contributed by atoms with E-state index in [2.05, 4.69) is 5.10 Å². The molecule has 1 aromatic heterocycles. The predicted octanol–water partition coefficient (Wildman–Crippen LogP) is 2.70. The van der Waals surface area contributed by atoms with Gasteiger partial charge in [0.05, 0.1) is 17.9 Å². The smallest absolute Gasteiger partial charge is 0.268 e. The molecule has 5 nitrogen and oxygen atoms in total. The van der Waals surface area contributed by atoms with Crippen molar-refractivity contribution in [3.8, 4) is 5.75 Å². The van der Waals surface area contributed by atoms with Crippen molar-refractivity contribution < 1.29 is 9.53 Å². The van der Waals surface area contributed by atoms with E-state index in [4.69, 9.17) is 16.3 Å². The molecular weight excluding hydrogens is 290 g/mol. The summed E-state index contributed by atoms with van der Waals surface area (Å²) in [5.74, 6) is 0.635. The number of rotatable bonds is 2. The molecule has 1 unspecified atom stereocenters. The molecule has 0 saturated heterocycles. The molecule has 110 valence electrons. The van der Waals surface area contributed by atoms with Crippen molar-refractivity contribution in [1.82, 2.24) is 9.78 Å². The number of fused-ring (bicyclic) bond motifs is 1. The number of hydrogen-bond acceptors (Lipinski definition) is 3. The number of aromatic nitrogens is 2. The molecule has 0 N–H and O–H groups in total. The Morgan fingerprint density at radius 2 is 2.10 bits per heavy atom. The van der Waals surface area contributed by atoms with Gasteiger partial charge in [-0.05, 0) is 26.0 Å². The average Bonchev–Trinajstić information content (AvgIpc) is 2.69. The van der Waals surface area contributed by atoms with Gasteiger partial charge in [-0.3, -0.25) is 9.48 Å². The number of amides is 1. The minimum absolute atomic E-state index is 0.0759. The van der Waals surface area contributed by atoms with Crippen molar-refractivity contribution in [2.24, 2.45) is 7.05 Å². The summed E-state index contributed by atoms with van der Waals surface area (Å²) in [5, 5.41) is 4.84. The van der Waals surface area contributed by atoms with Crippen molar-refractivity contribution >= 4 is 23.2 Å². The summed E-state index contributed by atoms with van der Waals surface area (Å²) >= 11 is 6.28. The van der Waals surface area contributed by atoms with Crippen LogP contribution in [-0.2, 0) is 18.4 Å². The minimum Gasteiger partial charge on any atom is -0.479 e. The number of carbonyl (C=O) groups is 1. The van der Waals surface area contributed by atoms with Gasteiger partial charge >= 0.3 is 0 Å². The van der Waals surface area contributed by atoms with Crippen LogP contribution in [0.2, 0.25) is 5.15 Å². The first-order valence-corrected chi connectivity index (χ1v) is 7.12. The maximum atomic E-state index is 12.5. The van der Waals surface area contributed by atoms with Crippen LogP contribution in [0.1, 0.15) is 18.2 Å². The SMILES string of the molecule is Cc1nn(C)c(Cl)c1CN1C(=O)C(C)Oc2ccccc21. The molecule has 1 aromatic carbocycles. The molecule has 2 heterocycles. The van der Waals surface area contributed by atoms with E-state index in [1.165, 1.54) is 0 Å². The monoisotopic (exact) mass is 305 g/mol. The largest absolute Gasteiger partial charge is 0.479 e. The molecular formula is C15H16ClN3O2. The van der Waals surface area contributed by atoms with Crippen LogP contribution in [0.15, 0.2) is 24.3 Å². The Bertz CT molecular complexity index is 711. The molecule has 1 amide bonds. The first-order chi connectivity index (χ1) is 9.99. The maximum Gasteiger partial charge on any atom is 0.268 e. The third-order valence-electron chi connectivity index (χ3n) is 3.66. The van der Waals surface area contributed by atoms with Gasteiger partial charge in [-0.1, -0.05) is 23.7 Å². The number of hydrogen-bond donors (Lipinski definition) is 0. The summed E-state index contributed by atoms with van der Waals surface area (Å²) in [6, 6.07) is 7.51. The lowest BCUT2D eigenvalue weighted by Crippen LogP contribution is -2.44. The van der Waals surface area contributed by atoms with Crippen molar-refractivity contribution in [1.29, 1.82) is 0 Å². The first kappa shape index (κ1) is 13.9. The minimum atomic E-state index is -0.504. The van der Waals surface area contributed by atoms with E-state index in [1.54, 1.807) is 23.6 Å². The van der Waals surface area contributed by atoms with Crippen molar-refractivity contribution in [2.75, 3.05) is 4.90 Å². The molecule has 0 saturated carbocycles. The molecule has 2 aromatic rings. The van der Waals surface area contributed by atoms with Crippen LogP contribution in [0.4, 0.5) is 5.69 Å². The molecule has 0 fully saturated rings. The fourth-order valence-corrected chi connectivity index (χ4v) is 2.77. The van der Waals surface area contributed by atoms with E-state index in [0.717, 1.165) is 16.9 Å². The normalized spacial score (nSPS) is 17.6. The van der Waals surface area contributed by atoms with Gasteiger partial charge < -0.3 is 9.64 Å². The van der Waals surface area contributed by atoms with Crippen LogP contribution in [0.5, 0.6) is 5.75 Å². The van der Waals surface area contributed by atoms with Gasteiger partial charge in [0.2, 0.25) is 0 Å². The second-order valence-corrected chi connectivity index (χ2v) is 5.49. The number of anilines is 1. The summed E-state index contributed by atoms with van der Waals surface area (Å²) in [7, 11) is 1.79. The molecule has 21 heavy (non-hydrogen) atoms. The number of nitrogens with zero attached hydrogens (tertiary/aromatic N) is 3. The number of benzene rings is 1. The molecule has 0 aliphatic carbocycles. The summed E-state index contributed by atoms with van der Waals surface area (Å²) in [4.78, 5) is 14.2. The van der Waals surface area contributed by atoms with Crippen LogP contribution in [0.3, 0.4) is 0 Å². The fraction of sp³-hybridized carbons (Fsp3) is 0.333. The number of halogens is 1. The van der Waals surface area contributed by atoms with Crippen molar-refractivity contribution in [3.63, 3.8) is 0 Å². The van der Waals surface area contributed by atoms with Gasteiger partial charge in [0.25, 0.3) is 5.91 Å². The van der Waals surface area contributed by atoms with Crippen LogP contribution >= 0.6 is 11.6 Å². The summed E-state index contributed by atoms with van der Waals surface area (Å²) in [5.41, 5.74) is 2.45. The molecule has 0 bridgehead atoms. The zero-order valence-corrected chi connectivity index (χ0v) is 12.9. The Kier molecular flexibility index (Phi) is 3.37. The predicted molar refractivity (Wildman–Crippen MR) is 80.7 cm³/mol. The Hall–Kier alpha value is -2.01. The second-order valence-electron chi connectivity index (χ2n) is 5.13. The third-order valence-corrected chi connectivity index (χ3v) is 4.13. The van der Waals surface area contributed by atoms with Crippen LogP contribution in [0, 0.1) is 6.92 Å². The summed E-state index contributed by atoms with van der Waals surface area (Å²) < 4.78 is 7.25. The standard InChI is InChI=1S/C15H16ClN3O2/c1-9-11(14(16)18(3)17-9)8-19-12-6-4-5-7-13(12)21-10(2)15(19)20/h4-7,10H,8H2,1-3H3. The number of para-hydroxylation sites is 2. The van der Waals surface area contributed by atoms with Crippen molar-refractivity contribution in [2.45, 2.75) is 26.5 Å². The third kappa shape index (κ3) is 2.27. The Morgan fingerprint density at radius 3 is 2.76 bits per heavy atom. The van der Waals surface area contributed by atoms with Crippen LogP contribution < -0.4 is 9.64 Å². The number of carbonyl (C=O) groups excluding carboxylic acids is 1. The van der Waals surface area contributed by atoms with Gasteiger partial charge in [0.1, 0.15) is 10.9 Å². The zero-order valence-electron chi connectivity index (χ0n) is 12.1. The van der Waals surface area contributed by atoms with Gasteiger partial charge in [-0.2, -0.15) is 5.10 Å². The highest BCUT2D eigenvalue weighted by atomic mass is 35.5. The maximum absolute atomic E-state index is 12.5. The fourth-order valence-electron chi connectivity index (χ4n) is 2.53. The second kappa shape index (κ2) is 5.07. The van der Waals surface area contributed by atoms with Crippen LogP contribution in [0.25, 0.3) is 0 Å². The molecule has 1 atom stereocenters. The quantitative estimate of drug-likeness (QED) is 0.857. The lowest BCUT2D eigenvalue weighted by atomic mass is 10.1. The molecule has 0 spiro atoms. The lowest BCUT2D eigenvalue weighted by Gasteiger charge is -2.33. The summed E-state index contributed by atoms with van der Waals surface area (Å²) in [6.45, 7) is 4.03. The lowest BCUT2D eigenvalue weighted by molar-refractivity contribution is -0.125. The van der Waals surface area contributed by atoms with Gasteiger partial charge in [0, 0.05) is 12.6 Å². The molecule has 1 aliphatic rings. The molecule has 0 radical (unpaired) electrons. The highest BCUT2D eigenvalue weighted by Gasteiger charge is 2.32. The van der Waals surface area contributed by atoms with Crippen LogP contribution in [-0.4, -0.2) is 21.8 Å². The Labute approximate surface area is 128 Å². The van der Waals surface area contributed by atoms with E-state index < -0.39 is 6.10 Å². The highest BCUT2D eigenvalue weighted by Crippen LogP contribution is 2.35. The zero-order chi connectivity index (χ0) is 15.1. The topological polar surface area (TPSA) is 47.4 Å². The summed E-state index contributed by atoms with van der Waals surface area (Å²) in [6.07, 6.45) is -0.504. The van der Waals surface area contributed by atoms with E-state index >= 15 is 0 Å². The molecule has 3 rings (SSSR count). The highest BCUT2D eigenvalue weighted by molar-refractivity contribution is 6.30. The van der Waals surface area contributed by atoms with Crippen molar-refractivity contribution in [3.05, 3.63) is 40.7 Å². The van der Waals surface area contributed by atoms with Gasteiger partial charge in [0.15, 0.2) is 6.10 Å². The van der Waals surface area contributed by atoms with Gasteiger partial charge in [-0.25, -0.2) is 0 Å². The van der Waals surface area contributed by atoms with E-state index in [0.29, 0.717) is 17.4 Å². The Morgan fingerprint density at radius 1 is 1.38 bits per heavy atom. The first-order valence-electron chi connectivity index (χ1n) is 6.74. The number of aryl methyl sites for hydroxylation is 2. The van der Waals surface area contributed by atoms with E-state index in [9.17, 15) is 4.79 Å². The van der Waals surface area contributed by atoms with Gasteiger partial charge in [-0.15, -0.1) is 0 Å². The Balaban J connectivity index is 2.03. The van der Waals surface area contributed by atoms with E-state index in [1.807, 2.05) is 31.2 Å². The van der Waals surface area contributed by atoms with E-state index in [-0.39, 0.29) is 5.91 Å². The molecule has 1 aliphatic heterocycles. The number of ether oxygens (including phenoxy) is 1.